The first kappa shape index (κ1) is 13.4. The van der Waals surface area contributed by atoms with Crippen molar-refractivity contribution in [1.29, 1.82) is 0 Å². The molecule has 2 rings (SSSR count). The van der Waals surface area contributed by atoms with Gasteiger partial charge in [-0.15, -0.1) is 0 Å². The third-order valence-electron chi connectivity index (χ3n) is 4.24. The van der Waals surface area contributed by atoms with Gasteiger partial charge in [0.05, 0.1) is 0 Å². The average Bonchev–Trinajstić information content (AvgIpc) is 2.83. The maximum Gasteiger partial charge on any atom is 0.245 e. The van der Waals surface area contributed by atoms with E-state index >= 15 is 0 Å². The maximum absolute atomic E-state index is 12.2. The van der Waals surface area contributed by atoms with Gasteiger partial charge in [0.1, 0.15) is 6.04 Å². The fourth-order valence-electron chi connectivity index (χ4n) is 3.03. The van der Waals surface area contributed by atoms with Gasteiger partial charge in [-0.1, -0.05) is 32.6 Å². The van der Waals surface area contributed by atoms with E-state index in [-0.39, 0.29) is 17.9 Å². The van der Waals surface area contributed by atoms with E-state index in [2.05, 4.69) is 5.32 Å². The van der Waals surface area contributed by atoms with Gasteiger partial charge in [-0.2, -0.15) is 0 Å². The van der Waals surface area contributed by atoms with Crippen LogP contribution < -0.4 is 5.32 Å². The summed E-state index contributed by atoms with van der Waals surface area (Å²) in [5.41, 5.74) is 0. The van der Waals surface area contributed by atoms with Gasteiger partial charge in [0.25, 0.3) is 0 Å². The van der Waals surface area contributed by atoms with Crippen LogP contribution in [0.15, 0.2) is 0 Å². The molecule has 0 radical (unpaired) electrons. The largest absolute Gasteiger partial charge is 0.344 e. The molecule has 102 valence electrons. The highest BCUT2D eigenvalue weighted by atomic mass is 16.2. The van der Waals surface area contributed by atoms with Crippen LogP contribution in [0.25, 0.3) is 0 Å². The number of nitrogens with zero attached hydrogens (tertiary/aromatic N) is 1. The molecule has 1 atom stereocenters. The summed E-state index contributed by atoms with van der Waals surface area (Å²) >= 11 is 0. The average molecular weight is 252 g/mol. The van der Waals surface area contributed by atoms with Crippen molar-refractivity contribution in [1.82, 2.24) is 10.2 Å². The lowest BCUT2D eigenvalue weighted by Crippen LogP contribution is -2.44. The first-order chi connectivity index (χ1) is 8.70. The Kier molecular flexibility index (Phi) is 4.61. The van der Waals surface area contributed by atoms with E-state index in [1.807, 2.05) is 11.8 Å². The first-order valence-electron chi connectivity index (χ1n) is 7.29. The molecule has 1 N–H and O–H groups in total. The van der Waals surface area contributed by atoms with Crippen molar-refractivity contribution in [3.8, 4) is 0 Å². The van der Waals surface area contributed by atoms with Crippen molar-refractivity contribution in [3.63, 3.8) is 0 Å². The summed E-state index contributed by atoms with van der Waals surface area (Å²) in [6, 6.07) is -0.302. The minimum Gasteiger partial charge on any atom is -0.344 e. The Balaban J connectivity index is 1.88. The summed E-state index contributed by atoms with van der Waals surface area (Å²) < 4.78 is 0. The summed E-state index contributed by atoms with van der Waals surface area (Å²) in [6.45, 7) is 3.37. The molecule has 1 unspecified atom stereocenters. The molecule has 2 amide bonds. The van der Waals surface area contributed by atoms with Gasteiger partial charge in [0, 0.05) is 19.5 Å². The van der Waals surface area contributed by atoms with Crippen molar-refractivity contribution in [2.24, 2.45) is 5.92 Å². The van der Waals surface area contributed by atoms with E-state index in [0.29, 0.717) is 19.4 Å². The summed E-state index contributed by atoms with van der Waals surface area (Å²) in [5.74, 6) is 0.921. The number of amides is 2. The summed E-state index contributed by atoms with van der Waals surface area (Å²) in [7, 11) is 0. The lowest BCUT2D eigenvalue weighted by Gasteiger charge is -2.24. The predicted octanol–water partition coefficient (Wildman–Crippen LogP) is 1.69. The first-order valence-corrected chi connectivity index (χ1v) is 7.29. The molecule has 1 aliphatic carbocycles. The molecule has 1 saturated heterocycles. The normalized spacial score (nSPS) is 26.3. The second-order valence-corrected chi connectivity index (χ2v) is 5.54. The quantitative estimate of drug-likeness (QED) is 0.828. The highest BCUT2D eigenvalue weighted by molar-refractivity contribution is 5.89. The van der Waals surface area contributed by atoms with Gasteiger partial charge in [0.2, 0.25) is 11.8 Å². The Morgan fingerprint density at radius 1 is 1.28 bits per heavy atom. The van der Waals surface area contributed by atoms with Crippen molar-refractivity contribution >= 4 is 11.8 Å². The number of carbonyl (C=O) groups is 2. The predicted molar refractivity (Wildman–Crippen MR) is 70.0 cm³/mol. The second-order valence-electron chi connectivity index (χ2n) is 5.54. The lowest BCUT2D eigenvalue weighted by atomic mass is 10.0. The number of carbonyl (C=O) groups excluding carboxylic acids is 2. The van der Waals surface area contributed by atoms with E-state index in [4.69, 9.17) is 0 Å². The second kappa shape index (κ2) is 6.21. The minimum atomic E-state index is -0.302. The van der Waals surface area contributed by atoms with Crippen LogP contribution in [0, 0.1) is 5.92 Å². The number of nitrogens with one attached hydrogen (secondary N) is 1. The van der Waals surface area contributed by atoms with Crippen molar-refractivity contribution in [2.75, 3.05) is 13.1 Å². The number of hydrogen-bond acceptors (Lipinski definition) is 2. The van der Waals surface area contributed by atoms with Crippen LogP contribution in [-0.2, 0) is 9.59 Å². The fourth-order valence-corrected chi connectivity index (χ4v) is 3.03. The lowest BCUT2D eigenvalue weighted by molar-refractivity contribution is -0.133. The minimum absolute atomic E-state index is 0.0126. The highest BCUT2D eigenvalue weighted by Gasteiger charge is 2.28. The molecular weight excluding hydrogens is 228 g/mol. The van der Waals surface area contributed by atoms with Crippen molar-refractivity contribution in [2.45, 2.75) is 57.9 Å². The van der Waals surface area contributed by atoms with Crippen LogP contribution in [0.1, 0.15) is 51.9 Å². The van der Waals surface area contributed by atoms with Gasteiger partial charge in [-0.05, 0) is 18.8 Å². The number of rotatable bonds is 4. The maximum atomic E-state index is 12.2. The van der Waals surface area contributed by atoms with Crippen LogP contribution >= 0.6 is 0 Å². The van der Waals surface area contributed by atoms with Gasteiger partial charge >= 0.3 is 0 Å². The Morgan fingerprint density at radius 2 is 2.00 bits per heavy atom. The third kappa shape index (κ3) is 3.24. The standard InChI is InChI=1S/C14H24N2O2/c1-2-12-14(18)16(10-8-13(17)15-12)9-7-11-5-3-4-6-11/h11-12H,2-10H2,1H3,(H,15,17). The smallest absolute Gasteiger partial charge is 0.245 e. The van der Waals surface area contributed by atoms with Crippen LogP contribution in [0.3, 0.4) is 0 Å². The number of hydrogen-bond donors (Lipinski definition) is 1. The molecule has 4 heteroatoms. The third-order valence-corrected chi connectivity index (χ3v) is 4.24. The molecule has 1 aliphatic heterocycles. The van der Waals surface area contributed by atoms with Crippen molar-refractivity contribution < 1.29 is 9.59 Å². The van der Waals surface area contributed by atoms with E-state index in [0.717, 1.165) is 18.9 Å². The van der Waals surface area contributed by atoms with E-state index < -0.39 is 0 Å². The zero-order valence-electron chi connectivity index (χ0n) is 11.3. The Hall–Kier alpha value is -1.06. The Labute approximate surface area is 109 Å². The fraction of sp³-hybridized carbons (Fsp3) is 0.857. The zero-order chi connectivity index (χ0) is 13.0. The Bertz CT molecular complexity index is 311. The molecule has 4 nitrogen and oxygen atoms in total. The highest BCUT2D eigenvalue weighted by Crippen LogP contribution is 2.27. The molecule has 2 aliphatic rings. The van der Waals surface area contributed by atoms with Crippen LogP contribution in [0.4, 0.5) is 0 Å². The van der Waals surface area contributed by atoms with Crippen LogP contribution in [0.5, 0.6) is 0 Å². The molecule has 0 spiro atoms. The molecule has 1 heterocycles. The zero-order valence-corrected chi connectivity index (χ0v) is 11.3. The molecule has 0 aromatic heterocycles. The SMILES string of the molecule is CCC1NC(=O)CCN(CCC2CCCC2)C1=O. The van der Waals surface area contributed by atoms with Gasteiger partial charge in [-0.25, -0.2) is 0 Å². The van der Waals surface area contributed by atoms with Gasteiger partial charge in [-0.3, -0.25) is 9.59 Å². The molecule has 18 heavy (non-hydrogen) atoms. The summed E-state index contributed by atoms with van der Waals surface area (Å²) in [6.07, 6.45) is 7.56. The molecule has 1 saturated carbocycles. The van der Waals surface area contributed by atoms with E-state index in [9.17, 15) is 9.59 Å². The molecule has 0 aromatic carbocycles. The van der Waals surface area contributed by atoms with Gasteiger partial charge < -0.3 is 10.2 Å². The monoisotopic (exact) mass is 252 g/mol. The molecule has 0 bridgehead atoms. The van der Waals surface area contributed by atoms with E-state index in [1.54, 1.807) is 0 Å². The molecular formula is C14H24N2O2. The van der Waals surface area contributed by atoms with Crippen LogP contribution in [-0.4, -0.2) is 35.8 Å². The summed E-state index contributed by atoms with van der Waals surface area (Å²) in [4.78, 5) is 25.6. The Morgan fingerprint density at radius 3 is 2.67 bits per heavy atom. The van der Waals surface area contributed by atoms with Gasteiger partial charge in [0.15, 0.2) is 0 Å². The van der Waals surface area contributed by atoms with E-state index in [1.165, 1.54) is 25.7 Å². The topological polar surface area (TPSA) is 49.4 Å². The summed E-state index contributed by atoms with van der Waals surface area (Å²) in [5, 5.41) is 2.81. The molecule has 0 aromatic rings. The molecule has 2 fully saturated rings. The van der Waals surface area contributed by atoms with Crippen molar-refractivity contribution in [3.05, 3.63) is 0 Å². The van der Waals surface area contributed by atoms with Crippen LogP contribution in [0.2, 0.25) is 0 Å².